The van der Waals surface area contributed by atoms with E-state index in [2.05, 4.69) is 10.6 Å². The molecule has 0 aromatic heterocycles. The molecular formula is C22H22N2O2. The average Bonchev–Trinajstić information content (AvgIpc) is 2.69. The van der Waals surface area contributed by atoms with E-state index in [0.29, 0.717) is 6.54 Å². The maximum absolute atomic E-state index is 12.3. The van der Waals surface area contributed by atoms with Crippen LogP contribution in [0.25, 0.3) is 0 Å². The van der Waals surface area contributed by atoms with Gasteiger partial charge < -0.3 is 15.4 Å². The van der Waals surface area contributed by atoms with Gasteiger partial charge in [-0.1, -0.05) is 48.5 Å². The number of rotatable bonds is 7. The molecule has 26 heavy (non-hydrogen) atoms. The molecule has 132 valence electrons. The number of ether oxygens (including phenoxy) is 1. The lowest BCUT2D eigenvalue weighted by Crippen LogP contribution is -2.37. The molecule has 0 spiro atoms. The molecule has 0 saturated carbocycles. The molecule has 0 aliphatic rings. The van der Waals surface area contributed by atoms with E-state index in [-0.39, 0.29) is 11.9 Å². The average molecular weight is 346 g/mol. The van der Waals surface area contributed by atoms with Crippen molar-refractivity contribution in [2.75, 3.05) is 5.32 Å². The molecule has 0 heterocycles. The Bertz CT molecular complexity index is 818. The molecule has 3 rings (SSSR count). The van der Waals surface area contributed by atoms with Crippen LogP contribution in [0, 0.1) is 0 Å². The Morgan fingerprint density at radius 2 is 1.42 bits per heavy atom. The highest BCUT2D eigenvalue weighted by molar-refractivity contribution is 5.94. The highest BCUT2D eigenvalue weighted by Gasteiger charge is 2.12. The minimum atomic E-state index is -0.296. The summed E-state index contributed by atoms with van der Waals surface area (Å²) in [5.41, 5.74) is 1.89. The second-order valence-electron chi connectivity index (χ2n) is 6.02. The monoisotopic (exact) mass is 346 g/mol. The second kappa shape index (κ2) is 8.83. The van der Waals surface area contributed by atoms with Crippen molar-refractivity contribution in [1.82, 2.24) is 5.32 Å². The predicted octanol–water partition coefficient (Wildman–Crippen LogP) is 4.60. The van der Waals surface area contributed by atoms with E-state index < -0.39 is 0 Å². The molecule has 1 amide bonds. The van der Waals surface area contributed by atoms with Gasteiger partial charge in [-0.3, -0.25) is 4.79 Å². The minimum Gasteiger partial charge on any atom is -0.457 e. The van der Waals surface area contributed by atoms with E-state index in [1.54, 1.807) is 0 Å². The zero-order chi connectivity index (χ0) is 18.2. The van der Waals surface area contributed by atoms with Crippen LogP contribution in [0.1, 0.15) is 12.5 Å². The number of carbonyl (C=O) groups is 1. The van der Waals surface area contributed by atoms with Gasteiger partial charge in [-0.05, 0) is 48.9 Å². The molecule has 2 N–H and O–H groups in total. The van der Waals surface area contributed by atoms with Gasteiger partial charge in [0.05, 0.1) is 6.04 Å². The van der Waals surface area contributed by atoms with Crippen molar-refractivity contribution in [1.29, 1.82) is 0 Å². The lowest BCUT2D eigenvalue weighted by Gasteiger charge is -2.14. The van der Waals surface area contributed by atoms with Gasteiger partial charge in [-0.15, -0.1) is 0 Å². The molecule has 0 aliphatic carbocycles. The summed E-state index contributed by atoms with van der Waals surface area (Å²) in [6, 6.07) is 26.6. The minimum absolute atomic E-state index is 0.0716. The Kier molecular flexibility index (Phi) is 6.01. The molecule has 4 nitrogen and oxygen atoms in total. The van der Waals surface area contributed by atoms with Crippen molar-refractivity contribution in [3.63, 3.8) is 0 Å². The molecule has 0 saturated heterocycles. The Morgan fingerprint density at radius 3 is 2.08 bits per heavy atom. The number of nitrogens with one attached hydrogen (secondary N) is 2. The van der Waals surface area contributed by atoms with Crippen LogP contribution in [-0.4, -0.2) is 11.9 Å². The molecule has 0 radical (unpaired) electrons. The molecular weight excluding hydrogens is 324 g/mol. The van der Waals surface area contributed by atoms with Gasteiger partial charge >= 0.3 is 0 Å². The molecule has 3 aromatic rings. The first-order valence-electron chi connectivity index (χ1n) is 8.62. The van der Waals surface area contributed by atoms with Crippen molar-refractivity contribution in [2.24, 2.45) is 0 Å². The van der Waals surface area contributed by atoms with Crippen LogP contribution in [0.4, 0.5) is 5.69 Å². The third-order valence-electron chi connectivity index (χ3n) is 3.95. The van der Waals surface area contributed by atoms with Gasteiger partial charge in [0.25, 0.3) is 0 Å². The van der Waals surface area contributed by atoms with E-state index in [0.717, 1.165) is 22.7 Å². The number of hydrogen-bond acceptors (Lipinski definition) is 3. The fourth-order valence-electron chi connectivity index (χ4n) is 2.44. The number of anilines is 1. The normalized spacial score (nSPS) is 11.6. The molecule has 1 atom stereocenters. The van der Waals surface area contributed by atoms with Crippen LogP contribution in [0.5, 0.6) is 11.5 Å². The van der Waals surface area contributed by atoms with Crippen molar-refractivity contribution in [2.45, 2.75) is 19.5 Å². The van der Waals surface area contributed by atoms with Crippen molar-refractivity contribution < 1.29 is 9.53 Å². The molecule has 1 unspecified atom stereocenters. The van der Waals surface area contributed by atoms with Gasteiger partial charge in [0.1, 0.15) is 11.5 Å². The van der Waals surface area contributed by atoms with Crippen molar-refractivity contribution in [3.8, 4) is 11.5 Å². The molecule has 0 fully saturated rings. The Balaban J connectivity index is 1.50. The Labute approximate surface area is 153 Å². The van der Waals surface area contributed by atoms with Crippen molar-refractivity contribution >= 4 is 11.6 Å². The number of hydrogen-bond donors (Lipinski definition) is 2. The maximum atomic E-state index is 12.3. The summed E-state index contributed by atoms with van der Waals surface area (Å²) in [5.74, 6) is 1.44. The number of carbonyl (C=O) groups excluding carboxylic acids is 1. The van der Waals surface area contributed by atoms with E-state index in [1.165, 1.54) is 0 Å². The zero-order valence-electron chi connectivity index (χ0n) is 14.7. The fourth-order valence-corrected chi connectivity index (χ4v) is 2.44. The van der Waals surface area contributed by atoms with Crippen molar-refractivity contribution in [3.05, 3.63) is 90.5 Å². The summed E-state index contributed by atoms with van der Waals surface area (Å²) in [4.78, 5) is 12.3. The summed E-state index contributed by atoms with van der Waals surface area (Å²) in [7, 11) is 0. The summed E-state index contributed by atoms with van der Waals surface area (Å²) < 4.78 is 5.75. The lowest BCUT2D eigenvalue weighted by molar-refractivity contribution is -0.117. The molecule has 0 bridgehead atoms. The van der Waals surface area contributed by atoms with Gasteiger partial charge in [0, 0.05) is 12.2 Å². The van der Waals surface area contributed by atoms with Crippen LogP contribution in [0.2, 0.25) is 0 Å². The SMILES string of the molecule is CC(NCc1ccccc1)C(=O)Nc1ccc(Oc2ccccc2)cc1. The summed E-state index contributed by atoms with van der Waals surface area (Å²) in [5, 5.41) is 6.14. The van der Waals surface area contributed by atoms with E-state index in [9.17, 15) is 4.79 Å². The summed E-state index contributed by atoms with van der Waals surface area (Å²) in [6.07, 6.45) is 0. The number of amides is 1. The van der Waals surface area contributed by atoms with Crippen LogP contribution >= 0.6 is 0 Å². The van der Waals surface area contributed by atoms with Crippen LogP contribution in [-0.2, 0) is 11.3 Å². The summed E-state index contributed by atoms with van der Waals surface area (Å²) >= 11 is 0. The predicted molar refractivity (Wildman–Crippen MR) is 104 cm³/mol. The Morgan fingerprint density at radius 1 is 0.846 bits per heavy atom. The highest BCUT2D eigenvalue weighted by atomic mass is 16.5. The van der Waals surface area contributed by atoms with Crippen LogP contribution in [0.15, 0.2) is 84.9 Å². The third-order valence-corrected chi connectivity index (χ3v) is 3.95. The van der Waals surface area contributed by atoms with Gasteiger partial charge in [-0.25, -0.2) is 0 Å². The maximum Gasteiger partial charge on any atom is 0.241 e. The number of benzene rings is 3. The van der Waals surface area contributed by atoms with Crippen LogP contribution in [0.3, 0.4) is 0 Å². The first kappa shape index (κ1) is 17.7. The third kappa shape index (κ3) is 5.19. The van der Waals surface area contributed by atoms with E-state index in [1.807, 2.05) is 91.9 Å². The first-order valence-corrected chi connectivity index (χ1v) is 8.62. The Hall–Kier alpha value is -3.11. The lowest BCUT2D eigenvalue weighted by atomic mass is 10.2. The number of para-hydroxylation sites is 1. The fraction of sp³-hybridized carbons (Fsp3) is 0.136. The highest BCUT2D eigenvalue weighted by Crippen LogP contribution is 2.22. The standard InChI is InChI=1S/C22H22N2O2/c1-17(23-16-18-8-4-2-5-9-18)22(25)24-19-12-14-21(15-13-19)26-20-10-6-3-7-11-20/h2-15,17,23H,16H2,1H3,(H,24,25). The molecule has 0 aliphatic heterocycles. The summed E-state index contributed by atoms with van der Waals surface area (Å²) in [6.45, 7) is 2.50. The van der Waals surface area contributed by atoms with Gasteiger partial charge in [0.15, 0.2) is 0 Å². The van der Waals surface area contributed by atoms with E-state index in [4.69, 9.17) is 4.74 Å². The topological polar surface area (TPSA) is 50.4 Å². The van der Waals surface area contributed by atoms with Gasteiger partial charge in [0.2, 0.25) is 5.91 Å². The van der Waals surface area contributed by atoms with Crippen LogP contribution < -0.4 is 15.4 Å². The molecule has 4 heteroatoms. The van der Waals surface area contributed by atoms with E-state index >= 15 is 0 Å². The molecule has 3 aromatic carbocycles. The second-order valence-corrected chi connectivity index (χ2v) is 6.02. The quantitative estimate of drug-likeness (QED) is 0.657. The first-order chi connectivity index (χ1) is 12.7. The largest absolute Gasteiger partial charge is 0.457 e. The van der Waals surface area contributed by atoms with Gasteiger partial charge in [-0.2, -0.15) is 0 Å². The zero-order valence-corrected chi connectivity index (χ0v) is 14.7. The smallest absolute Gasteiger partial charge is 0.241 e.